The summed E-state index contributed by atoms with van der Waals surface area (Å²) in [6.07, 6.45) is 0.952. The van der Waals surface area contributed by atoms with Crippen molar-refractivity contribution in [3.63, 3.8) is 0 Å². The molecule has 1 aromatic rings. The van der Waals surface area contributed by atoms with E-state index in [0.29, 0.717) is 10.7 Å². The molecule has 1 rings (SSSR count). The Kier molecular flexibility index (Phi) is 4.58. The second-order valence-corrected chi connectivity index (χ2v) is 5.89. The van der Waals surface area contributed by atoms with Gasteiger partial charge in [0.1, 0.15) is 5.82 Å². The monoisotopic (exact) mass is 322 g/mol. The summed E-state index contributed by atoms with van der Waals surface area (Å²) in [5, 5.41) is 0. The first-order valence-corrected chi connectivity index (χ1v) is 6.29. The van der Waals surface area contributed by atoms with Crippen LogP contribution in [0.5, 0.6) is 0 Å². The van der Waals surface area contributed by atoms with Gasteiger partial charge < -0.3 is 0 Å². The van der Waals surface area contributed by atoms with Crippen LogP contribution in [0.3, 0.4) is 0 Å². The second kappa shape index (κ2) is 5.26. The summed E-state index contributed by atoms with van der Waals surface area (Å²) in [5.41, 5.74) is 1.16. The number of halogens is 3. The molecule has 0 spiro atoms. The number of hydrogen-bond donors (Lipinski definition) is 0. The van der Waals surface area contributed by atoms with Gasteiger partial charge in [-0.05, 0) is 30.0 Å². The second-order valence-electron chi connectivity index (χ2n) is 3.59. The number of alkyl halides is 1. The van der Waals surface area contributed by atoms with Crippen LogP contribution in [0.4, 0.5) is 4.39 Å². The zero-order valence-electron chi connectivity index (χ0n) is 8.23. The Balaban J connectivity index is 2.77. The fraction of sp³-hybridized carbons (Fsp3) is 0.455. The van der Waals surface area contributed by atoms with E-state index in [0.717, 1.165) is 16.5 Å². The predicted octanol–water partition coefficient (Wildman–Crippen LogP) is 4.55. The van der Waals surface area contributed by atoms with Gasteiger partial charge in [-0.15, -0.1) is 0 Å². The molecule has 0 radical (unpaired) electrons. The van der Waals surface area contributed by atoms with E-state index >= 15 is 0 Å². The van der Waals surface area contributed by atoms with Crippen LogP contribution in [0, 0.1) is 11.7 Å². The molecule has 0 nitrogen and oxygen atoms in total. The van der Waals surface area contributed by atoms with Crippen LogP contribution in [0.25, 0.3) is 0 Å². The summed E-state index contributed by atoms with van der Waals surface area (Å²) >= 11 is 6.92. The van der Waals surface area contributed by atoms with Crippen LogP contribution in [0.1, 0.15) is 19.4 Å². The smallest absolute Gasteiger partial charge is 0.124 e. The molecule has 2 unspecified atom stereocenters. The molecular formula is C11H13Br2F. The minimum atomic E-state index is -0.194. The molecule has 0 saturated carbocycles. The van der Waals surface area contributed by atoms with Crippen LogP contribution in [-0.4, -0.2) is 4.83 Å². The van der Waals surface area contributed by atoms with Gasteiger partial charge >= 0.3 is 0 Å². The van der Waals surface area contributed by atoms with Crippen LogP contribution in [0.15, 0.2) is 22.7 Å². The van der Waals surface area contributed by atoms with E-state index in [1.54, 1.807) is 0 Å². The maximum Gasteiger partial charge on any atom is 0.124 e. The lowest BCUT2D eigenvalue weighted by Crippen LogP contribution is -2.10. The highest BCUT2D eigenvalue weighted by Gasteiger charge is 2.11. The normalized spacial score (nSPS) is 15.2. The zero-order valence-corrected chi connectivity index (χ0v) is 11.4. The maximum atomic E-state index is 12.8. The third-order valence-corrected chi connectivity index (χ3v) is 3.98. The Labute approximate surface area is 101 Å². The van der Waals surface area contributed by atoms with E-state index in [-0.39, 0.29) is 5.82 Å². The first-order chi connectivity index (χ1) is 6.50. The van der Waals surface area contributed by atoms with Gasteiger partial charge in [-0.3, -0.25) is 0 Å². The quantitative estimate of drug-likeness (QED) is 0.716. The SMILES string of the molecule is CC(Br)C(C)Cc1ccc(F)cc1Br. The van der Waals surface area contributed by atoms with Crippen molar-refractivity contribution in [2.45, 2.75) is 25.1 Å². The van der Waals surface area contributed by atoms with E-state index in [2.05, 4.69) is 45.7 Å². The fourth-order valence-electron chi connectivity index (χ4n) is 1.20. The highest BCUT2D eigenvalue weighted by Crippen LogP contribution is 2.24. The molecule has 0 heterocycles. The summed E-state index contributed by atoms with van der Waals surface area (Å²) in [6.45, 7) is 4.30. The average molecular weight is 324 g/mol. The maximum absolute atomic E-state index is 12.8. The summed E-state index contributed by atoms with van der Waals surface area (Å²) in [5.74, 6) is 0.344. The minimum absolute atomic E-state index is 0.194. The molecule has 0 N–H and O–H groups in total. The van der Waals surface area contributed by atoms with Gasteiger partial charge in [0.25, 0.3) is 0 Å². The van der Waals surface area contributed by atoms with Crippen molar-refractivity contribution in [1.29, 1.82) is 0 Å². The number of benzene rings is 1. The lowest BCUT2D eigenvalue weighted by atomic mass is 9.99. The van der Waals surface area contributed by atoms with E-state index in [9.17, 15) is 4.39 Å². The summed E-state index contributed by atoms with van der Waals surface area (Å²) in [4.78, 5) is 0.472. The first-order valence-electron chi connectivity index (χ1n) is 4.58. The Bertz CT molecular complexity index is 310. The molecule has 3 heteroatoms. The summed E-state index contributed by atoms with van der Waals surface area (Å²) < 4.78 is 13.7. The van der Waals surface area contributed by atoms with Gasteiger partial charge in [0.05, 0.1) is 0 Å². The van der Waals surface area contributed by atoms with Crippen LogP contribution in [0.2, 0.25) is 0 Å². The van der Waals surface area contributed by atoms with E-state index < -0.39 is 0 Å². The molecular weight excluding hydrogens is 311 g/mol. The van der Waals surface area contributed by atoms with Crippen molar-refractivity contribution < 1.29 is 4.39 Å². The van der Waals surface area contributed by atoms with Crippen LogP contribution >= 0.6 is 31.9 Å². The average Bonchev–Trinajstić information content (AvgIpc) is 2.09. The van der Waals surface area contributed by atoms with Crippen LogP contribution < -0.4 is 0 Å². The molecule has 0 amide bonds. The Morgan fingerprint density at radius 3 is 2.50 bits per heavy atom. The zero-order chi connectivity index (χ0) is 10.7. The van der Waals surface area contributed by atoms with Crippen molar-refractivity contribution in [3.05, 3.63) is 34.1 Å². The molecule has 0 aromatic heterocycles. The lowest BCUT2D eigenvalue weighted by Gasteiger charge is -2.14. The van der Waals surface area contributed by atoms with Gasteiger partial charge in [-0.2, -0.15) is 0 Å². The highest BCUT2D eigenvalue weighted by atomic mass is 79.9. The summed E-state index contributed by atoms with van der Waals surface area (Å²) in [6, 6.07) is 4.86. The predicted molar refractivity (Wildman–Crippen MR) is 65.4 cm³/mol. The van der Waals surface area contributed by atoms with Crippen molar-refractivity contribution >= 4 is 31.9 Å². The van der Waals surface area contributed by atoms with Gasteiger partial charge in [0, 0.05) is 9.30 Å². The molecule has 14 heavy (non-hydrogen) atoms. The Morgan fingerprint density at radius 2 is 2.00 bits per heavy atom. The van der Waals surface area contributed by atoms with E-state index in [4.69, 9.17) is 0 Å². The lowest BCUT2D eigenvalue weighted by molar-refractivity contribution is 0.577. The first kappa shape index (κ1) is 12.2. The molecule has 78 valence electrons. The standard InChI is InChI=1S/C11H13Br2F/c1-7(8(2)12)5-9-3-4-10(14)6-11(9)13/h3-4,6-8H,5H2,1-2H3. The topological polar surface area (TPSA) is 0 Å². The number of hydrogen-bond acceptors (Lipinski definition) is 0. The molecule has 0 aliphatic carbocycles. The largest absolute Gasteiger partial charge is 0.207 e. The molecule has 0 aliphatic rings. The molecule has 0 bridgehead atoms. The van der Waals surface area contributed by atoms with E-state index in [1.807, 2.05) is 6.07 Å². The minimum Gasteiger partial charge on any atom is -0.207 e. The van der Waals surface area contributed by atoms with Gasteiger partial charge in [-0.1, -0.05) is 51.8 Å². The van der Waals surface area contributed by atoms with Crippen molar-refractivity contribution in [1.82, 2.24) is 0 Å². The van der Waals surface area contributed by atoms with Crippen molar-refractivity contribution in [3.8, 4) is 0 Å². The number of rotatable bonds is 3. The molecule has 0 fully saturated rings. The molecule has 0 saturated heterocycles. The van der Waals surface area contributed by atoms with Gasteiger partial charge in [0.2, 0.25) is 0 Å². The third-order valence-electron chi connectivity index (χ3n) is 2.34. The summed E-state index contributed by atoms with van der Waals surface area (Å²) in [7, 11) is 0. The molecule has 0 aliphatic heterocycles. The third kappa shape index (κ3) is 3.35. The molecule has 2 atom stereocenters. The van der Waals surface area contributed by atoms with E-state index in [1.165, 1.54) is 12.1 Å². The van der Waals surface area contributed by atoms with Crippen LogP contribution in [-0.2, 0) is 6.42 Å². The molecule has 1 aromatic carbocycles. The Morgan fingerprint density at radius 1 is 1.36 bits per heavy atom. The van der Waals surface area contributed by atoms with Gasteiger partial charge in [0.15, 0.2) is 0 Å². The fourth-order valence-corrected chi connectivity index (χ4v) is 1.90. The Hall–Kier alpha value is 0.110. The van der Waals surface area contributed by atoms with Crippen molar-refractivity contribution in [2.75, 3.05) is 0 Å². The highest BCUT2D eigenvalue weighted by molar-refractivity contribution is 9.10. The van der Waals surface area contributed by atoms with Gasteiger partial charge in [-0.25, -0.2) is 4.39 Å². The van der Waals surface area contributed by atoms with Crippen molar-refractivity contribution in [2.24, 2.45) is 5.92 Å².